The molecular weight excluding hydrogens is 578 g/mol. The van der Waals surface area contributed by atoms with Crippen LogP contribution in [0.15, 0.2) is 158 Å². The summed E-state index contributed by atoms with van der Waals surface area (Å²) in [5.41, 5.74) is 6.03. The lowest BCUT2D eigenvalue weighted by atomic mass is 9.91. The molecule has 0 aromatic heterocycles. The summed E-state index contributed by atoms with van der Waals surface area (Å²) in [5.74, 6) is 0. The summed E-state index contributed by atoms with van der Waals surface area (Å²) in [6, 6.07) is 59.5. The Morgan fingerprint density at radius 3 is 0.933 bits per heavy atom. The average Bonchev–Trinajstić information content (AvgIpc) is 3.14. The van der Waals surface area contributed by atoms with Crippen LogP contribution in [0.25, 0.3) is 11.1 Å². The lowest BCUT2D eigenvalue weighted by Crippen LogP contribution is -2.27. The van der Waals surface area contributed by atoms with Crippen molar-refractivity contribution in [1.29, 1.82) is 0 Å². The number of benzene rings is 6. The van der Waals surface area contributed by atoms with Gasteiger partial charge in [-0.2, -0.15) is 0 Å². The van der Waals surface area contributed by atoms with E-state index in [0.29, 0.717) is 0 Å². The first-order chi connectivity index (χ1) is 22.4. The fraction of sp³-hybridized carbons (Fsp3) is 0.163. The minimum absolute atomic E-state index is 0.761. The zero-order chi connectivity index (χ0) is 30.3. The van der Waals surface area contributed by atoms with E-state index in [0.717, 1.165) is 12.8 Å². The summed E-state index contributed by atoms with van der Waals surface area (Å²) >= 11 is 0. The second-order valence-electron chi connectivity index (χ2n) is 11.9. The fourth-order valence-electron chi connectivity index (χ4n) is 6.86. The molecule has 0 unspecified atom stereocenters. The van der Waals surface area contributed by atoms with Crippen LogP contribution in [0.5, 0.6) is 0 Å². The molecule has 6 aromatic carbocycles. The Morgan fingerprint density at radius 2 is 0.600 bits per heavy atom. The normalized spacial score (nSPS) is 13.6. The molecule has 1 aliphatic carbocycles. The van der Waals surface area contributed by atoms with E-state index < -0.39 is 15.8 Å². The van der Waals surface area contributed by atoms with Crippen molar-refractivity contribution in [3.05, 3.63) is 169 Å². The summed E-state index contributed by atoms with van der Waals surface area (Å²) in [7, 11) is -1.52. The summed E-state index contributed by atoms with van der Waals surface area (Å²) in [6.45, 7) is 0. The maximum absolute atomic E-state index is 2.46. The van der Waals surface area contributed by atoms with Crippen LogP contribution in [0.1, 0.15) is 43.2 Å². The maximum Gasteiger partial charge on any atom is -0.00588 e. The number of fused-ring (bicyclic) bond motifs is 3. The lowest BCUT2D eigenvalue weighted by Gasteiger charge is -2.29. The van der Waals surface area contributed by atoms with Crippen molar-refractivity contribution < 1.29 is 0 Å². The minimum Gasteiger partial charge on any atom is -0.0622 e. The Balaban J connectivity index is 1.56. The molecule has 6 aromatic rings. The van der Waals surface area contributed by atoms with Gasteiger partial charge in [0.25, 0.3) is 0 Å². The first-order valence-electron chi connectivity index (χ1n) is 16.4. The van der Waals surface area contributed by atoms with E-state index in [9.17, 15) is 0 Å². The number of rotatable bonds is 6. The van der Waals surface area contributed by atoms with E-state index in [1.54, 1.807) is 0 Å². The van der Waals surface area contributed by atoms with Gasteiger partial charge in [0, 0.05) is 0 Å². The van der Waals surface area contributed by atoms with Crippen LogP contribution in [-0.2, 0) is 12.8 Å². The zero-order valence-corrected chi connectivity index (χ0v) is 27.6. The molecule has 0 fully saturated rings. The number of hydrogen-bond donors (Lipinski definition) is 0. The molecule has 0 spiro atoms. The van der Waals surface area contributed by atoms with Gasteiger partial charge in [-0.1, -0.05) is 177 Å². The fourth-order valence-corrected chi connectivity index (χ4v) is 11.9. The van der Waals surface area contributed by atoms with Crippen LogP contribution in [0.4, 0.5) is 0 Å². The highest BCUT2D eigenvalue weighted by Crippen LogP contribution is 2.44. The quantitative estimate of drug-likeness (QED) is 0.164. The van der Waals surface area contributed by atoms with Crippen LogP contribution in [0.2, 0.25) is 0 Å². The highest BCUT2D eigenvalue weighted by molar-refractivity contribution is 7.80. The molecule has 0 nitrogen and oxygen atoms in total. The monoisotopic (exact) mass is 618 g/mol. The number of aryl methyl sites for hydroxylation is 2. The average molecular weight is 619 g/mol. The molecule has 0 atom stereocenters. The van der Waals surface area contributed by atoms with Crippen LogP contribution in [-0.4, -0.2) is 0 Å². The Kier molecular flexibility index (Phi) is 9.64. The molecule has 0 bridgehead atoms. The molecular formula is C43H40P2. The van der Waals surface area contributed by atoms with Crippen molar-refractivity contribution in [1.82, 2.24) is 0 Å². The second kappa shape index (κ2) is 14.5. The van der Waals surface area contributed by atoms with Crippen LogP contribution >= 0.6 is 15.8 Å². The van der Waals surface area contributed by atoms with Gasteiger partial charge in [-0.25, -0.2) is 0 Å². The van der Waals surface area contributed by atoms with Crippen molar-refractivity contribution in [3.63, 3.8) is 0 Å². The minimum atomic E-state index is -0.761. The molecule has 222 valence electrons. The number of hydrogen-bond acceptors (Lipinski definition) is 0. The third kappa shape index (κ3) is 6.60. The SMILES string of the molecule is c1ccc(P(c2ccccc2)c2cccc3c2-c2c(cccc2P(c2ccccc2)c2ccccc2)CCCCCCC3)cc1. The molecule has 0 heterocycles. The van der Waals surface area contributed by atoms with Gasteiger partial charge in [-0.3, -0.25) is 0 Å². The van der Waals surface area contributed by atoms with Gasteiger partial charge in [-0.15, -0.1) is 0 Å². The molecule has 0 radical (unpaired) electrons. The molecule has 1 aliphatic rings. The Bertz CT molecular complexity index is 1600. The Labute approximate surface area is 271 Å². The van der Waals surface area contributed by atoms with E-state index in [-0.39, 0.29) is 0 Å². The molecule has 0 saturated carbocycles. The van der Waals surface area contributed by atoms with Crippen LogP contribution in [0.3, 0.4) is 0 Å². The molecule has 2 heteroatoms. The largest absolute Gasteiger partial charge is 0.0622 e. The molecule has 0 N–H and O–H groups in total. The van der Waals surface area contributed by atoms with Gasteiger partial charge in [0.2, 0.25) is 0 Å². The van der Waals surface area contributed by atoms with Gasteiger partial charge in [0.15, 0.2) is 0 Å². The van der Waals surface area contributed by atoms with Gasteiger partial charge >= 0.3 is 0 Å². The predicted octanol–water partition coefficient (Wildman–Crippen LogP) is 8.92. The third-order valence-corrected chi connectivity index (χ3v) is 13.9. The summed E-state index contributed by atoms with van der Waals surface area (Å²) in [6.07, 6.45) is 8.67. The molecule has 45 heavy (non-hydrogen) atoms. The van der Waals surface area contributed by atoms with Crippen molar-refractivity contribution in [2.24, 2.45) is 0 Å². The van der Waals surface area contributed by atoms with E-state index in [4.69, 9.17) is 0 Å². The van der Waals surface area contributed by atoms with E-state index >= 15 is 0 Å². The van der Waals surface area contributed by atoms with Crippen molar-refractivity contribution in [3.8, 4) is 11.1 Å². The van der Waals surface area contributed by atoms with Gasteiger partial charge < -0.3 is 0 Å². The maximum atomic E-state index is 2.46. The second-order valence-corrected chi connectivity index (χ2v) is 16.3. The van der Waals surface area contributed by atoms with Crippen molar-refractivity contribution >= 4 is 47.7 Å². The van der Waals surface area contributed by atoms with Crippen molar-refractivity contribution in [2.75, 3.05) is 0 Å². The van der Waals surface area contributed by atoms with Gasteiger partial charge in [-0.05, 0) is 95.6 Å². The lowest BCUT2D eigenvalue weighted by molar-refractivity contribution is 0.616. The molecule has 0 aliphatic heterocycles. The van der Waals surface area contributed by atoms with E-state index in [2.05, 4.69) is 158 Å². The van der Waals surface area contributed by atoms with Crippen LogP contribution < -0.4 is 31.8 Å². The van der Waals surface area contributed by atoms with Crippen LogP contribution in [0, 0.1) is 0 Å². The van der Waals surface area contributed by atoms with Gasteiger partial charge in [0.1, 0.15) is 0 Å². The van der Waals surface area contributed by atoms with Crippen molar-refractivity contribution in [2.45, 2.75) is 44.9 Å². The standard InChI is InChI=1S/C43H40P2/c1-2-8-20-34-22-18-32-40(44(36-24-10-4-11-25-36)37-26-12-5-13-27-37)42(34)43-35(21-9-3-1)23-19-33-41(43)45(38-28-14-6-15-29-38)39-30-16-7-17-31-39/h4-7,10-19,22-33H,1-3,8-9,20-21H2. The predicted molar refractivity (Wildman–Crippen MR) is 200 cm³/mol. The zero-order valence-electron chi connectivity index (χ0n) is 25.9. The third-order valence-electron chi connectivity index (χ3n) is 8.94. The first kappa shape index (κ1) is 29.9. The smallest absolute Gasteiger partial charge is 0.00588 e. The molecule has 0 amide bonds. The summed E-state index contributed by atoms with van der Waals surface area (Å²) in [5, 5.41) is 8.62. The molecule has 0 saturated heterocycles. The Morgan fingerprint density at radius 1 is 0.289 bits per heavy atom. The molecule has 7 rings (SSSR count). The summed E-state index contributed by atoms with van der Waals surface area (Å²) in [4.78, 5) is 0. The van der Waals surface area contributed by atoms with E-state index in [1.165, 1.54) is 86.2 Å². The Hall–Kier alpha value is -3.82. The van der Waals surface area contributed by atoms with Gasteiger partial charge in [0.05, 0.1) is 0 Å². The highest BCUT2D eigenvalue weighted by Gasteiger charge is 2.28. The topological polar surface area (TPSA) is 0 Å². The highest BCUT2D eigenvalue weighted by atomic mass is 31.1. The first-order valence-corrected chi connectivity index (χ1v) is 19.1. The van der Waals surface area contributed by atoms with E-state index in [1.807, 2.05) is 0 Å². The summed E-state index contributed by atoms with van der Waals surface area (Å²) < 4.78 is 0.